The molecular formula is C16H15N3OS. The number of aromatic nitrogens is 1. The number of nitrogen functional groups attached to an aromatic ring is 1. The van der Waals surface area contributed by atoms with Gasteiger partial charge in [-0.25, -0.2) is 4.98 Å². The van der Waals surface area contributed by atoms with Crippen LogP contribution in [-0.2, 0) is 0 Å². The van der Waals surface area contributed by atoms with Crippen LogP contribution in [0, 0.1) is 13.8 Å². The Labute approximate surface area is 126 Å². The highest BCUT2D eigenvalue weighted by Gasteiger charge is 2.16. The van der Waals surface area contributed by atoms with Crippen LogP contribution in [0.2, 0.25) is 0 Å². The number of rotatable bonds is 2. The highest BCUT2D eigenvalue weighted by atomic mass is 32.1. The van der Waals surface area contributed by atoms with Gasteiger partial charge in [0, 0.05) is 5.56 Å². The summed E-state index contributed by atoms with van der Waals surface area (Å²) in [5.41, 5.74) is 16.7. The molecule has 0 fully saturated rings. The molecular weight excluding hydrogens is 282 g/mol. The van der Waals surface area contributed by atoms with E-state index in [0.29, 0.717) is 10.7 Å². The van der Waals surface area contributed by atoms with E-state index in [9.17, 15) is 4.79 Å². The third-order valence-electron chi connectivity index (χ3n) is 3.61. The average Bonchev–Trinajstić information content (AvgIpc) is 2.85. The molecule has 21 heavy (non-hydrogen) atoms. The summed E-state index contributed by atoms with van der Waals surface area (Å²) in [6, 6.07) is 9.42. The third kappa shape index (κ3) is 2.15. The van der Waals surface area contributed by atoms with Crippen LogP contribution in [-0.4, -0.2) is 10.9 Å². The van der Waals surface area contributed by atoms with Gasteiger partial charge in [0.25, 0.3) is 0 Å². The van der Waals surface area contributed by atoms with E-state index < -0.39 is 5.91 Å². The van der Waals surface area contributed by atoms with Gasteiger partial charge in [-0.15, -0.1) is 0 Å². The Morgan fingerprint density at radius 1 is 1.19 bits per heavy atom. The van der Waals surface area contributed by atoms with Gasteiger partial charge in [0.15, 0.2) is 5.13 Å². The highest BCUT2D eigenvalue weighted by Crippen LogP contribution is 2.37. The van der Waals surface area contributed by atoms with E-state index in [1.165, 1.54) is 11.3 Å². The lowest BCUT2D eigenvalue weighted by Gasteiger charge is -2.12. The molecule has 1 amide bonds. The number of nitrogens with zero attached hydrogens (tertiary/aromatic N) is 1. The molecule has 4 nitrogen and oxygen atoms in total. The molecule has 0 atom stereocenters. The lowest BCUT2D eigenvalue weighted by atomic mass is 9.94. The number of primary amides is 1. The van der Waals surface area contributed by atoms with Gasteiger partial charge in [-0.3, -0.25) is 4.79 Å². The van der Waals surface area contributed by atoms with Crippen LogP contribution in [0.4, 0.5) is 5.13 Å². The van der Waals surface area contributed by atoms with Crippen LogP contribution in [0.15, 0.2) is 30.3 Å². The Balaban J connectivity index is 2.36. The predicted molar refractivity (Wildman–Crippen MR) is 87.5 cm³/mol. The van der Waals surface area contributed by atoms with Crippen LogP contribution in [0.5, 0.6) is 0 Å². The minimum Gasteiger partial charge on any atom is -0.375 e. The normalized spacial score (nSPS) is 11.0. The van der Waals surface area contributed by atoms with Crippen molar-refractivity contribution < 1.29 is 4.79 Å². The molecule has 0 aliphatic rings. The Hall–Kier alpha value is -2.40. The van der Waals surface area contributed by atoms with Gasteiger partial charge >= 0.3 is 0 Å². The second-order valence-corrected chi connectivity index (χ2v) is 6.04. The molecule has 0 saturated heterocycles. The van der Waals surface area contributed by atoms with Crippen LogP contribution >= 0.6 is 11.3 Å². The number of benzene rings is 2. The van der Waals surface area contributed by atoms with E-state index >= 15 is 0 Å². The molecule has 106 valence electrons. The van der Waals surface area contributed by atoms with Crippen molar-refractivity contribution in [1.82, 2.24) is 4.98 Å². The number of carbonyl (C=O) groups excluding carboxylic acids is 1. The number of fused-ring (bicyclic) bond motifs is 1. The monoisotopic (exact) mass is 297 g/mol. The molecule has 0 unspecified atom stereocenters. The van der Waals surface area contributed by atoms with Crippen molar-refractivity contribution in [3.05, 3.63) is 47.0 Å². The van der Waals surface area contributed by atoms with E-state index in [2.05, 4.69) is 4.98 Å². The predicted octanol–water partition coefficient (Wildman–Crippen LogP) is 3.26. The van der Waals surface area contributed by atoms with Crippen LogP contribution in [0.3, 0.4) is 0 Å². The van der Waals surface area contributed by atoms with Gasteiger partial charge in [0.2, 0.25) is 5.91 Å². The number of anilines is 1. The Morgan fingerprint density at radius 3 is 2.62 bits per heavy atom. The van der Waals surface area contributed by atoms with E-state index in [-0.39, 0.29) is 0 Å². The maximum Gasteiger partial charge on any atom is 0.249 e. The lowest BCUT2D eigenvalue weighted by Crippen LogP contribution is -2.12. The number of hydrogen-bond donors (Lipinski definition) is 2. The standard InChI is InChI=1S/C16H15N3OS/c1-8-7-12(9(2)14-13(8)19-16(18)21-14)10-5-3-4-6-11(10)15(17)20/h3-7H,1-2H3,(H2,17,20)(H2,18,19). The molecule has 0 aliphatic heterocycles. The number of amides is 1. The summed E-state index contributed by atoms with van der Waals surface area (Å²) in [5.74, 6) is -0.424. The van der Waals surface area contributed by atoms with Gasteiger partial charge < -0.3 is 11.5 Å². The smallest absolute Gasteiger partial charge is 0.249 e. The van der Waals surface area contributed by atoms with E-state index in [0.717, 1.165) is 32.5 Å². The third-order valence-corrected chi connectivity index (χ3v) is 4.61. The van der Waals surface area contributed by atoms with Gasteiger partial charge in [0.1, 0.15) is 0 Å². The molecule has 0 spiro atoms. The number of carbonyl (C=O) groups is 1. The zero-order valence-electron chi connectivity index (χ0n) is 11.8. The van der Waals surface area contributed by atoms with Crippen molar-refractivity contribution >= 4 is 32.6 Å². The summed E-state index contributed by atoms with van der Waals surface area (Å²) < 4.78 is 1.06. The average molecular weight is 297 g/mol. The molecule has 2 aromatic carbocycles. The van der Waals surface area contributed by atoms with Gasteiger partial charge in [-0.05, 0) is 48.2 Å². The summed E-state index contributed by atoms with van der Waals surface area (Å²) in [5, 5.41) is 0.552. The van der Waals surface area contributed by atoms with E-state index in [1.807, 2.05) is 38.1 Å². The first-order valence-electron chi connectivity index (χ1n) is 6.54. The number of nitrogens with two attached hydrogens (primary N) is 2. The fourth-order valence-corrected chi connectivity index (χ4v) is 3.50. The van der Waals surface area contributed by atoms with E-state index in [1.54, 1.807) is 6.07 Å². The van der Waals surface area contributed by atoms with Crippen LogP contribution in [0.25, 0.3) is 21.3 Å². The molecule has 1 aromatic heterocycles. The topological polar surface area (TPSA) is 82.0 Å². The van der Waals surface area contributed by atoms with E-state index in [4.69, 9.17) is 11.5 Å². The van der Waals surface area contributed by atoms with Crippen LogP contribution < -0.4 is 11.5 Å². The number of hydrogen-bond acceptors (Lipinski definition) is 4. The fraction of sp³-hybridized carbons (Fsp3) is 0.125. The van der Waals surface area contributed by atoms with Crippen molar-refractivity contribution in [2.75, 3.05) is 5.73 Å². The second-order valence-electron chi connectivity index (χ2n) is 5.01. The summed E-state index contributed by atoms with van der Waals surface area (Å²) in [6.07, 6.45) is 0. The van der Waals surface area contributed by atoms with Crippen molar-refractivity contribution in [2.24, 2.45) is 5.73 Å². The fourth-order valence-electron chi connectivity index (χ4n) is 2.59. The zero-order valence-corrected chi connectivity index (χ0v) is 12.6. The molecule has 0 bridgehead atoms. The van der Waals surface area contributed by atoms with Gasteiger partial charge in [-0.1, -0.05) is 29.5 Å². The highest BCUT2D eigenvalue weighted by molar-refractivity contribution is 7.22. The first-order valence-corrected chi connectivity index (χ1v) is 7.36. The summed E-state index contributed by atoms with van der Waals surface area (Å²) in [7, 11) is 0. The van der Waals surface area contributed by atoms with Crippen molar-refractivity contribution in [3.8, 4) is 11.1 Å². The summed E-state index contributed by atoms with van der Waals surface area (Å²) in [4.78, 5) is 16.0. The lowest BCUT2D eigenvalue weighted by molar-refractivity contribution is 0.100. The maximum atomic E-state index is 11.7. The molecule has 1 heterocycles. The van der Waals surface area contributed by atoms with Gasteiger partial charge in [-0.2, -0.15) is 0 Å². The van der Waals surface area contributed by atoms with Crippen molar-refractivity contribution in [2.45, 2.75) is 13.8 Å². The molecule has 5 heteroatoms. The second kappa shape index (κ2) is 4.86. The minimum absolute atomic E-state index is 0.424. The number of thiazole rings is 1. The molecule has 0 radical (unpaired) electrons. The summed E-state index contributed by atoms with van der Waals surface area (Å²) >= 11 is 1.47. The molecule has 0 aliphatic carbocycles. The molecule has 0 saturated carbocycles. The number of aryl methyl sites for hydroxylation is 2. The minimum atomic E-state index is -0.424. The summed E-state index contributed by atoms with van der Waals surface area (Å²) in [6.45, 7) is 4.02. The van der Waals surface area contributed by atoms with Gasteiger partial charge in [0.05, 0.1) is 10.2 Å². The first kappa shape index (κ1) is 13.6. The first-order chi connectivity index (χ1) is 9.99. The SMILES string of the molecule is Cc1cc(-c2ccccc2C(N)=O)c(C)c2sc(N)nc12. The van der Waals surface area contributed by atoms with Crippen molar-refractivity contribution in [3.63, 3.8) is 0 Å². The quantitative estimate of drug-likeness (QED) is 0.761. The largest absolute Gasteiger partial charge is 0.375 e. The zero-order chi connectivity index (χ0) is 15.1. The maximum absolute atomic E-state index is 11.7. The van der Waals surface area contributed by atoms with Crippen LogP contribution in [0.1, 0.15) is 21.5 Å². The Kier molecular flexibility index (Phi) is 3.14. The Morgan fingerprint density at radius 2 is 1.90 bits per heavy atom. The van der Waals surface area contributed by atoms with Crippen molar-refractivity contribution in [1.29, 1.82) is 0 Å². The molecule has 3 rings (SSSR count). The Bertz CT molecular complexity index is 867. The molecule has 3 aromatic rings. The molecule has 4 N–H and O–H groups in total.